The third-order valence-corrected chi connectivity index (χ3v) is 4.87. The Bertz CT molecular complexity index is 449. The molecule has 0 saturated carbocycles. The van der Waals surface area contributed by atoms with E-state index in [0.717, 1.165) is 6.42 Å². The molecule has 4 aliphatic rings. The average molecular weight is 259 g/mol. The Kier molecular flexibility index (Phi) is 2.76. The van der Waals surface area contributed by atoms with Crippen LogP contribution in [0, 0.1) is 5.92 Å². The molecular formula is C15H21N3O. The van der Waals surface area contributed by atoms with E-state index in [1.807, 2.05) is 0 Å². The summed E-state index contributed by atoms with van der Waals surface area (Å²) < 4.78 is 5.93. The van der Waals surface area contributed by atoms with Crippen molar-refractivity contribution in [3.05, 3.63) is 29.8 Å². The van der Waals surface area contributed by atoms with Crippen molar-refractivity contribution in [3.63, 3.8) is 0 Å². The van der Waals surface area contributed by atoms with Crippen LogP contribution in [0.15, 0.2) is 24.3 Å². The lowest BCUT2D eigenvalue weighted by atomic mass is 9.79. The maximum absolute atomic E-state index is 5.93. The van der Waals surface area contributed by atoms with Crippen molar-refractivity contribution in [2.75, 3.05) is 19.0 Å². The number of hydrogen-bond donors (Lipinski definition) is 2. The number of rotatable bonds is 1. The summed E-state index contributed by atoms with van der Waals surface area (Å²) in [6.45, 7) is 1.17. The number of benzene rings is 1. The van der Waals surface area contributed by atoms with Crippen LogP contribution in [0.5, 0.6) is 0 Å². The summed E-state index contributed by atoms with van der Waals surface area (Å²) in [4.78, 5) is 2.35. The number of hydrogen-bond acceptors (Lipinski definition) is 4. The van der Waals surface area contributed by atoms with E-state index in [-0.39, 0.29) is 0 Å². The second kappa shape index (κ2) is 4.47. The van der Waals surface area contributed by atoms with Crippen molar-refractivity contribution in [2.45, 2.75) is 37.6 Å². The normalized spacial score (nSPS) is 37.7. The van der Waals surface area contributed by atoms with Gasteiger partial charge in [-0.1, -0.05) is 18.2 Å². The molecule has 3 saturated heterocycles. The fraction of sp³-hybridized carbons (Fsp3) is 0.600. The molecule has 0 aromatic heterocycles. The van der Waals surface area contributed by atoms with Gasteiger partial charge in [0.2, 0.25) is 0 Å². The Morgan fingerprint density at radius 2 is 2.16 bits per heavy atom. The molecule has 4 heteroatoms. The highest BCUT2D eigenvalue weighted by molar-refractivity contribution is 5.51. The van der Waals surface area contributed by atoms with Crippen LogP contribution < -0.4 is 10.9 Å². The van der Waals surface area contributed by atoms with E-state index < -0.39 is 0 Å². The van der Waals surface area contributed by atoms with Crippen LogP contribution in [0.2, 0.25) is 0 Å². The molecule has 2 bridgehead atoms. The lowest BCUT2D eigenvalue weighted by Gasteiger charge is -2.56. The Morgan fingerprint density at radius 1 is 1.26 bits per heavy atom. The predicted molar refractivity (Wildman–Crippen MR) is 74.7 cm³/mol. The topological polar surface area (TPSA) is 36.5 Å². The van der Waals surface area contributed by atoms with Crippen molar-refractivity contribution in [3.8, 4) is 0 Å². The largest absolute Gasteiger partial charge is 0.359 e. The fourth-order valence-corrected chi connectivity index (χ4v) is 3.73. The van der Waals surface area contributed by atoms with Crippen LogP contribution in [-0.4, -0.2) is 36.9 Å². The van der Waals surface area contributed by atoms with Crippen molar-refractivity contribution in [1.29, 1.82) is 0 Å². The Balaban J connectivity index is 1.50. The highest BCUT2D eigenvalue weighted by Crippen LogP contribution is 2.41. The molecule has 0 radical (unpaired) electrons. The molecule has 4 atom stereocenters. The summed E-state index contributed by atoms with van der Waals surface area (Å²) in [5, 5.41) is 0. The number of para-hydroxylation sites is 1. The van der Waals surface area contributed by atoms with Crippen molar-refractivity contribution < 1.29 is 4.74 Å². The molecule has 0 aliphatic carbocycles. The van der Waals surface area contributed by atoms with E-state index in [4.69, 9.17) is 4.74 Å². The second-order valence-electron chi connectivity index (χ2n) is 5.98. The van der Waals surface area contributed by atoms with Gasteiger partial charge in [-0.25, -0.2) is 5.43 Å². The lowest BCUT2D eigenvalue weighted by molar-refractivity contribution is -0.283. The highest BCUT2D eigenvalue weighted by atomic mass is 16.5. The molecule has 0 spiro atoms. The monoisotopic (exact) mass is 259 g/mol. The standard InChI is InChI=1S/C15H21N3O/c1-18-9-8-13-14(15(18)19-13)12-7-6-10-4-2-3-5-11(10)16-17-12/h2-5,12-17H,6-9H2,1H3. The highest BCUT2D eigenvalue weighted by Gasteiger charge is 2.51. The summed E-state index contributed by atoms with van der Waals surface area (Å²) >= 11 is 0. The zero-order valence-corrected chi connectivity index (χ0v) is 11.3. The first-order chi connectivity index (χ1) is 9.33. The van der Waals surface area contributed by atoms with Gasteiger partial charge in [0.15, 0.2) is 0 Å². The maximum atomic E-state index is 5.93. The van der Waals surface area contributed by atoms with Gasteiger partial charge in [-0.3, -0.25) is 4.90 Å². The number of hydrazine groups is 1. The van der Waals surface area contributed by atoms with E-state index in [0.29, 0.717) is 24.3 Å². The smallest absolute Gasteiger partial charge is 0.117 e. The van der Waals surface area contributed by atoms with E-state index in [2.05, 4.69) is 47.1 Å². The summed E-state index contributed by atoms with van der Waals surface area (Å²) in [5.41, 5.74) is 9.58. The lowest BCUT2D eigenvalue weighted by Crippen LogP contribution is -2.68. The van der Waals surface area contributed by atoms with Gasteiger partial charge in [0.05, 0.1) is 11.8 Å². The van der Waals surface area contributed by atoms with Gasteiger partial charge in [0.1, 0.15) is 6.23 Å². The molecule has 3 fully saturated rings. The van der Waals surface area contributed by atoms with Crippen LogP contribution in [0.3, 0.4) is 0 Å². The molecule has 2 N–H and O–H groups in total. The zero-order valence-electron chi connectivity index (χ0n) is 11.3. The number of nitrogens with one attached hydrogen (secondary N) is 2. The van der Waals surface area contributed by atoms with Crippen LogP contribution >= 0.6 is 0 Å². The number of anilines is 1. The zero-order chi connectivity index (χ0) is 12.8. The van der Waals surface area contributed by atoms with Gasteiger partial charge < -0.3 is 10.2 Å². The van der Waals surface area contributed by atoms with Crippen LogP contribution in [0.1, 0.15) is 18.4 Å². The molecule has 19 heavy (non-hydrogen) atoms. The van der Waals surface area contributed by atoms with Gasteiger partial charge in [-0.15, -0.1) is 0 Å². The van der Waals surface area contributed by atoms with Gasteiger partial charge in [-0.2, -0.15) is 0 Å². The minimum absolute atomic E-state index is 0.319. The number of aryl methyl sites for hydroxylation is 1. The molecule has 1 aromatic rings. The third kappa shape index (κ3) is 1.86. The molecule has 5 rings (SSSR count). The maximum Gasteiger partial charge on any atom is 0.117 e. The number of fused-ring (bicyclic) bond motifs is 3. The molecule has 1 aromatic carbocycles. The van der Waals surface area contributed by atoms with E-state index in [9.17, 15) is 0 Å². The van der Waals surface area contributed by atoms with Gasteiger partial charge in [0.25, 0.3) is 0 Å². The molecule has 102 valence electrons. The van der Waals surface area contributed by atoms with Crippen LogP contribution in [-0.2, 0) is 11.2 Å². The second-order valence-corrected chi connectivity index (χ2v) is 5.98. The molecular weight excluding hydrogens is 238 g/mol. The Labute approximate surface area is 114 Å². The molecule has 4 heterocycles. The molecule has 0 amide bonds. The summed E-state index contributed by atoms with van der Waals surface area (Å²) in [5.74, 6) is 0.626. The van der Waals surface area contributed by atoms with Crippen molar-refractivity contribution in [1.82, 2.24) is 10.3 Å². The number of nitrogens with zero attached hydrogens (tertiary/aromatic N) is 1. The van der Waals surface area contributed by atoms with Crippen LogP contribution in [0.4, 0.5) is 5.69 Å². The molecule has 4 unspecified atom stereocenters. The first-order valence-corrected chi connectivity index (χ1v) is 7.28. The van der Waals surface area contributed by atoms with E-state index in [1.54, 1.807) is 0 Å². The van der Waals surface area contributed by atoms with Crippen LogP contribution in [0.25, 0.3) is 0 Å². The average Bonchev–Trinajstić information content (AvgIpc) is 2.62. The fourth-order valence-electron chi connectivity index (χ4n) is 3.73. The summed E-state index contributed by atoms with van der Waals surface area (Å²) in [6.07, 6.45) is 4.27. The van der Waals surface area contributed by atoms with Crippen molar-refractivity contribution in [2.24, 2.45) is 5.92 Å². The third-order valence-electron chi connectivity index (χ3n) is 4.87. The first-order valence-electron chi connectivity index (χ1n) is 7.28. The van der Waals surface area contributed by atoms with Gasteiger partial charge >= 0.3 is 0 Å². The summed E-state index contributed by atoms with van der Waals surface area (Å²) in [7, 11) is 2.17. The van der Waals surface area contributed by atoms with Crippen molar-refractivity contribution >= 4 is 5.69 Å². The number of ether oxygens (including phenoxy) is 1. The van der Waals surface area contributed by atoms with Gasteiger partial charge in [0, 0.05) is 18.5 Å². The summed E-state index contributed by atoms with van der Waals surface area (Å²) in [6, 6.07) is 9.07. The Hall–Kier alpha value is -1.10. The Morgan fingerprint density at radius 3 is 3.00 bits per heavy atom. The predicted octanol–water partition coefficient (Wildman–Crippen LogP) is 1.59. The molecule has 4 nitrogen and oxygen atoms in total. The first kappa shape index (κ1) is 11.7. The minimum atomic E-state index is 0.319. The number of piperidine rings is 1. The molecule has 4 aliphatic heterocycles. The van der Waals surface area contributed by atoms with E-state index in [1.165, 1.54) is 30.6 Å². The quantitative estimate of drug-likeness (QED) is 0.803. The van der Waals surface area contributed by atoms with Gasteiger partial charge in [-0.05, 0) is 37.9 Å². The van der Waals surface area contributed by atoms with E-state index >= 15 is 0 Å². The SMILES string of the molecule is CN1CCC2OC1C2C1CCc2ccccc2NN1. The minimum Gasteiger partial charge on any atom is -0.359 e.